The normalized spacial score (nSPS) is 15.0. The number of pyridine rings is 1. The molecule has 62 valence electrons. The van der Waals surface area contributed by atoms with Gasteiger partial charge in [-0.05, 0) is 34.0 Å². The number of carbonyl (C=O) groups is 1. The molecule has 0 N–H and O–H groups in total. The van der Waals surface area contributed by atoms with E-state index in [0.717, 1.165) is 16.5 Å². The highest BCUT2D eigenvalue weighted by molar-refractivity contribution is 9.10. The van der Waals surface area contributed by atoms with Crippen LogP contribution in [0.15, 0.2) is 10.5 Å². The van der Waals surface area contributed by atoms with Gasteiger partial charge in [0.15, 0.2) is 5.78 Å². The summed E-state index contributed by atoms with van der Waals surface area (Å²) in [6.45, 7) is 0. The Morgan fingerprint density at radius 3 is 3.00 bits per heavy atom. The van der Waals surface area contributed by atoms with Crippen LogP contribution in [0.4, 0.5) is 0 Å². The van der Waals surface area contributed by atoms with Crippen LogP contribution in [0, 0.1) is 0 Å². The third kappa shape index (κ3) is 1.17. The topological polar surface area (TPSA) is 30.0 Å². The number of nitrogens with zero attached hydrogens (tertiary/aromatic N) is 1. The Morgan fingerprint density at radius 1 is 1.50 bits per heavy atom. The van der Waals surface area contributed by atoms with Crippen molar-refractivity contribution >= 4 is 33.3 Å². The van der Waals surface area contributed by atoms with Crippen molar-refractivity contribution in [3.05, 3.63) is 26.9 Å². The fraction of sp³-hybridized carbons (Fsp3) is 0.250. The van der Waals surface area contributed by atoms with Gasteiger partial charge in [0, 0.05) is 6.42 Å². The predicted molar refractivity (Wildman–Crippen MR) is 49.6 cm³/mol. The first-order chi connectivity index (χ1) is 5.68. The lowest BCUT2D eigenvalue weighted by Gasteiger charge is -1.98. The SMILES string of the molecule is O=C1CCc2cc(Br)c(Cl)nc21. The van der Waals surface area contributed by atoms with E-state index in [1.54, 1.807) is 0 Å². The Hall–Kier alpha value is -0.410. The molecule has 1 aliphatic carbocycles. The fourth-order valence-corrected chi connectivity index (χ4v) is 1.81. The average molecular weight is 246 g/mol. The monoisotopic (exact) mass is 245 g/mol. The molecule has 0 amide bonds. The molecule has 0 atom stereocenters. The van der Waals surface area contributed by atoms with E-state index in [2.05, 4.69) is 20.9 Å². The highest BCUT2D eigenvalue weighted by atomic mass is 79.9. The first-order valence-electron chi connectivity index (χ1n) is 3.56. The molecule has 2 rings (SSSR count). The summed E-state index contributed by atoms with van der Waals surface area (Å²) in [4.78, 5) is 15.2. The van der Waals surface area contributed by atoms with Gasteiger partial charge in [-0.3, -0.25) is 4.79 Å². The smallest absolute Gasteiger partial charge is 0.181 e. The Bertz CT molecular complexity index is 364. The molecule has 0 fully saturated rings. The number of aromatic nitrogens is 1. The second-order valence-corrected chi connectivity index (χ2v) is 3.90. The number of ketones is 1. The molecular weight excluding hydrogens is 241 g/mol. The Kier molecular flexibility index (Phi) is 1.93. The molecule has 2 nitrogen and oxygen atoms in total. The standard InChI is InChI=1S/C8H5BrClNO/c9-5-3-4-1-2-6(12)7(4)11-8(5)10/h3H,1-2H2. The minimum Gasteiger partial charge on any atom is -0.292 e. The summed E-state index contributed by atoms with van der Waals surface area (Å²) in [6.07, 6.45) is 1.35. The maximum absolute atomic E-state index is 11.2. The van der Waals surface area contributed by atoms with Crippen LogP contribution >= 0.6 is 27.5 Å². The van der Waals surface area contributed by atoms with E-state index >= 15 is 0 Å². The molecular formula is C8H5BrClNO. The largest absolute Gasteiger partial charge is 0.292 e. The lowest BCUT2D eigenvalue weighted by atomic mass is 10.2. The number of carbonyl (C=O) groups excluding carboxylic acids is 1. The van der Waals surface area contributed by atoms with Crippen molar-refractivity contribution in [2.75, 3.05) is 0 Å². The molecule has 4 heteroatoms. The molecule has 0 radical (unpaired) electrons. The van der Waals surface area contributed by atoms with Gasteiger partial charge in [-0.15, -0.1) is 0 Å². The van der Waals surface area contributed by atoms with Crippen LogP contribution in [0.3, 0.4) is 0 Å². The number of aryl methyl sites for hydroxylation is 1. The lowest BCUT2D eigenvalue weighted by Crippen LogP contribution is -1.96. The maximum atomic E-state index is 11.2. The molecule has 0 saturated heterocycles. The van der Waals surface area contributed by atoms with E-state index in [1.807, 2.05) is 6.07 Å². The van der Waals surface area contributed by atoms with Gasteiger partial charge in [-0.2, -0.15) is 0 Å². The van der Waals surface area contributed by atoms with Gasteiger partial charge in [0.2, 0.25) is 0 Å². The molecule has 1 aromatic rings. The zero-order valence-electron chi connectivity index (χ0n) is 6.10. The van der Waals surface area contributed by atoms with E-state index in [1.165, 1.54) is 0 Å². The van der Waals surface area contributed by atoms with Crippen molar-refractivity contribution in [2.45, 2.75) is 12.8 Å². The van der Waals surface area contributed by atoms with Crippen molar-refractivity contribution in [2.24, 2.45) is 0 Å². The molecule has 1 heterocycles. The number of hydrogen-bond acceptors (Lipinski definition) is 2. The maximum Gasteiger partial charge on any atom is 0.181 e. The summed E-state index contributed by atoms with van der Waals surface area (Å²) >= 11 is 9.01. The van der Waals surface area contributed by atoms with Gasteiger partial charge in [-0.25, -0.2) is 4.98 Å². The lowest BCUT2D eigenvalue weighted by molar-refractivity contribution is 0.0990. The third-order valence-corrected chi connectivity index (χ3v) is 3.02. The van der Waals surface area contributed by atoms with Crippen LogP contribution in [-0.4, -0.2) is 10.8 Å². The fourth-order valence-electron chi connectivity index (χ4n) is 1.30. The van der Waals surface area contributed by atoms with Crippen molar-refractivity contribution in [3.63, 3.8) is 0 Å². The predicted octanol–water partition coefficient (Wildman–Crippen LogP) is 2.63. The van der Waals surface area contributed by atoms with Gasteiger partial charge < -0.3 is 0 Å². The molecule has 1 aliphatic rings. The molecule has 0 unspecified atom stereocenters. The van der Waals surface area contributed by atoms with E-state index in [-0.39, 0.29) is 5.78 Å². The molecule has 0 bridgehead atoms. The van der Waals surface area contributed by atoms with E-state index in [0.29, 0.717) is 17.3 Å². The van der Waals surface area contributed by atoms with Crippen LogP contribution in [0.25, 0.3) is 0 Å². The van der Waals surface area contributed by atoms with Gasteiger partial charge >= 0.3 is 0 Å². The van der Waals surface area contributed by atoms with Crippen molar-refractivity contribution in [1.82, 2.24) is 4.98 Å². The number of Topliss-reactive ketones (excluding diaryl/α,β-unsaturated/α-hetero) is 1. The number of hydrogen-bond donors (Lipinski definition) is 0. The molecule has 0 aromatic carbocycles. The van der Waals surface area contributed by atoms with Crippen molar-refractivity contribution in [3.8, 4) is 0 Å². The molecule has 0 spiro atoms. The molecule has 12 heavy (non-hydrogen) atoms. The van der Waals surface area contributed by atoms with Crippen molar-refractivity contribution < 1.29 is 4.79 Å². The highest BCUT2D eigenvalue weighted by Crippen LogP contribution is 2.28. The van der Waals surface area contributed by atoms with E-state index < -0.39 is 0 Å². The van der Waals surface area contributed by atoms with Gasteiger partial charge in [0.25, 0.3) is 0 Å². The second kappa shape index (κ2) is 2.82. The zero-order valence-corrected chi connectivity index (χ0v) is 8.44. The van der Waals surface area contributed by atoms with Crippen molar-refractivity contribution in [1.29, 1.82) is 0 Å². The number of fused-ring (bicyclic) bond motifs is 1. The summed E-state index contributed by atoms with van der Waals surface area (Å²) in [5.74, 6) is 0.0967. The van der Waals surface area contributed by atoms with Gasteiger partial charge in [0.05, 0.1) is 4.47 Å². The summed E-state index contributed by atoms with van der Waals surface area (Å²) in [7, 11) is 0. The molecule has 0 saturated carbocycles. The van der Waals surface area contributed by atoms with E-state index in [9.17, 15) is 4.79 Å². The van der Waals surface area contributed by atoms with Crippen LogP contribution in [0.2, 0.25) is 5.15 Å². The highest BCUT2D eigenvalue weighted by Gasteiger charge is 2.22. The second-order valence-electron chi connectivity index (χ2n) is 2.69. The van der Waals surface area contributed by atoms with Gasteiger partial charge in [0.1, 0.15) is 10.8 Å². The van der Waals surface area contributed by atoms with Crippen LogP contribution in [0.5, 0.6) is 0 Å². The van der Waals surface area contributed by atoms with Crippen LogP contribution in [0.1, 0.15) is 22.5 Å². The molecule has 1 aromatic heterocycles. The third-order valence-electron chi connectivity index (χ3n) is 1.90. The number of rotatable bonds is 0. The quantitative estimate of drug-likeness (QED) is 0.659. The summed E-state index contributed by atoms with van der Waals surface area (Å²) in [6, 6.07) is 1.87. The first-order valence-corrected chi connectivity index (χ1v) is 4.73. The first kappa shape index (κ1) is 8.20. The zero-order chi connectivity index (χ0) is 8.72. The Balaban J connectivity index is 2.63. The minimum absolute atomic E-state index is 0.0967. The van der Waals surface area contributed by atoms with Crippen LogP contribution < -0.4 is 0 Å². The Labute approximate surface area is 83.1 Å². The molecule has 0 aliphatic heterocycles. The van der Waals surface area contributed by atoms with Gasteiger partial charge in [-0.1, -0.05) is 11.6 Å². The van der Waals surface area contributed by atoms with Crippen LogP contribution in [-0.2, 0) is 6.42 Å². The number of halogens is 2. The minimum atomic E-state index is 0.0967. The summed E-state index contributed by atoms with van der Waals surface area (Å²) in [5.41, 5.74) is 1.54. The summed E-state index contributed by atoms with van der Waals surface area (Å²) in [5, 5.41) is 0.365. The Morgan fingerprint density at radius 2 is 2.25 bits per heavy atom. The average Bonchev–Trinajstić information content (AvgIpc) is 2.35. The summed E-state index contributed by atoms with van der Waals surface area (Å²) < 4.78 is 0.762. The van der Waals surface area contributed by atoms with E-state index in [4.69, 9.17) is 11.6 Å².